The lowest BCUT2D eigenvalue weighted by atomic mass is 9.43. The summed E-state index contributed by atoms with van der Waals surface area (Å²) in [4.78, 5) is 11.9. The van der Waals surface area contributed by atoms with E-state index in [0.29, 0.717) is 18.3 Å². The van der Waals surface area contributed by atoms with Gasteiger partial charge in [0.15, 0.2) is 12.6 Å². The fourth-order valence-electron chi connectivity index (χ4n) is 11.4. The van der Waals surface area contributed by atoms with Crippen LogP contribution < -0.4 is 0 Å². The fraction of sp³-hybridized carbons (Fsp3) is 0.914. The van der Waals surface area contributed by atoms with E-state index in [1.807, 2.05) is 6.92 Å². The molecule has 4 saturated carbocycles. The lowest BCUT2D eigenvalue weighted by molar-refractivity contribution is -0.318. The number of cyclic esters (lactones) is 1. The number of aliphatic hydroxyl groups is 5. The van der Waals surface area contributed by atoms with Crippen molar-refractivity contribution < 1.29 is 54.0 Å². The SMILES string of the molecule is CC1OC(OC2C(O)CC(OC3CCC4(C)C(CCC5C4CCC4(C)C(C6=CC(=O)OC6)C(O)CC54O)C3)OC2C)CC(O)C1O. The lowest BCUT2D eigenvalue weighted by Crippen LogP contribution is -2.62. The van der Waals surface area contributed by atoms with Gasteiger partial charge < -0.3 is 49.2 Å². The van der Waals surface area contributed by atoms with Gasteiger partial charge in [0.2, 0.25) is 0 Å². The molecule has 0 radical (unpaired) electrons. The van der Waals surface area contributed by atoms with E-state index in [-0.39, 0.29) is 48.8 Å². The number of hydrogen-bond acceptors (Lipinski definition) is 11. The third-order valence-electron chi connectivity index (χ3n) is 13.9. The highest BCUT2D eigenvalue weighted by atomic mass is 16.7. The molecule has 46 heavy (non-hydrogen) atoms. The summed E-state index contributed by atoms with van der Waals surface area (Å²) in [5.41, 5.74) is -0.614. The van der Waals surface area contributed by atoms with Gasteiger partial charge in [-0.3, -0.25) is 0 Å². The van der Waals surface area contributed by atoms with Crippen LogP contribution >= 0.6 is 0 Å². The molecule has 3 aliphatic heterocycles. The second-order valence-electron chi connectivity index (χ2n) is 16.2. The molecule has 0 bridgehead atoms. The van der Waals surface area contributed by atoms with Crippen LogP contribution in [-0.4, -0.2) is 105 Å². The number of aliphatic hydroxyl groups excluding tert-OH is 4. The van der Waals surface area contributed by atoms with Crippen LogP contribution in [-0.2, 0) is 28.5 Å². The Morgan fingerprint density at radius 1 is 0.826 bits per heavy atom. The van der Waals surface area contributed by atoms with Crippen LogP contribution in [0.2, 0.25) is 0 Å². The molecule has 17 unspecified atom stereocenters. The topological polar surface area (TPSA) is 164 Å². The summed E-state index contributed by atoms with van der Waals surface area (Å²) in [5.74, 6) is 0.264. The van der Waals surface area contributed by atoms with Gasteiger partial charge in [-0.15, -0.1) is 0 Å². The lowest BCUT2D eigenvalue weighted by Gasteiger charge is -2.63. The number of hydrogen-bond donors (Lipinski definition) is 5. The zero-order chi connectivity index (χ0) is 32.8. The van der Waals surface area contributed by atoms with Gasteiger partial charge >= 0.3 is 5.97 Å². The highest BCUT2D eigenvalue weighted by molar-refractivity contribution is 5.85. The monoisotopic (exact) mass is 650 g/mol. The minimum atomic E-state index is -0.993. The summed E-state index contributed by atoms with van der Waals surface area (Å²) in [5, 5.41) is 54.9. The molecule has 7 rings (SSSR count). The maximum absolute atomic E-state index is 12.5. The van der Waals surface area contributed by atoms with Crippen LogP contribution in [0.4, 0.5) is 0 Å². The summed E-state index contributed by atoms with van der Waals surface area (Å²) in [6.07, 6.45) is 2.33. The zero-order valence-electron chi connectivity index (χ0n) is 27.6. The molecule has 11 heteroatoms. The molecule has 2 saturated heterocycles. The van der Waals surface area contributed by atoms with Crippen LogP contribution in [0.1, 0.15) is 91.9 Å². The van der Waals surface area contributed by atoms with E-state index in [0.717, 1.165) is 50.5 Å². The Bertz CT molecular complexity index is 1170. The molecule has 17 atom stereocenters. The van der Waals surface area contributed by atoms with E-state index in [1.165, 1.54) is 6.08 Å². The van der Waals surface area contributed by atoms with Gasteiger partial charge in [-0.1, -0.05) is 13.8 Å². The summed E-state index contributed by atoms with van der Waals surface area (Å²) < 4.78 is 29.7. The van der Waals surface area contributed by atoms with Gasteiger partial charge in [0.05, 0.1) is 42.2 Å². The molecule has 4 aliphatic carbocycles. The Morgan fingerprint density at radius 3 is 2.24 bits per heavy atom. The molecule has 6 fully saturated rings. The Balaban J connectivity index is 0.970. The van der Waals surface area contributed by atoms with E-state index in [4.69, 9.17) is 23.7 Å². The van der Waals surface area contributed by atoms with Crippen molar-refractivity contribution in [3.8, 4) is 0 Å². The maximum Gasteiger partial charge on any atom is 0.331 e. The minimum Gasteiger partial charge on any atom is -0.458 e. The molecule has 0 aromatic carbocycles. The maximum atomic E-state index is 12.5. The van der Waals surface area contributed by atoms with E-state index in [2.05, 4.69) is 13.8 Å². The third-order valence-corrected chi connectivity index (χ3v) is 13.9. The van der Waals surface area contributed by atoms with Crippen molar-refractivity contribution in [2.75, 3.05) is 6.61 Å². The average Bonchev–Trinajstić information content (AvgIpc) is 3.49. The number of rotatable bonds is 5. The quantitative estimate of drug-likeness (QED) is 0.219. The van der Waals surface area contributed by atoms with Crippen LogP contribution in [0, 0.1) is 34.5 Å². The van der Waals surface area contributed by atoms with Gasteiger partial charge in [0, 0.05) is 36.7 Å². The van der Waals surface area contributed by atoms with Crippen molar-refractivity contribution in [1.82, 2.24) is 0 Å². The largest absolute Gasteiger partial charge is 0.458 e. The Kier molecular flexibility index (Phi) is 8.71. The van der Waals surface area contributed by atoms with Gasteiger partial charge in [0.1, 0.15) is 18.8 Å². The average molecular weight is 651 g/mol. The molecule has 0 aromatic rings. The molecule has 260 valence electrons. The first kappa shape index (κ1) is 33.4. The molecule has 7 aliphatic rings. The summed E-state index contributed by atoms with van der Waals surface area (Å²) in [6.45, 7) is 8.27. The van der Waals surface area contributed by atoms with Crippen LogP contribution in [0.3, 0.4) is 0 Å². The summed E-state index contributed by atoms with van der Waals surface area (Å²) in [7, 11) is 0. The number of carbonyl (C=O) groups excluding carboxylic acids is 1. The van der Waals surface area contributed by atoms with Crippen molar-refractivity contribution in [3.05, 3.63) is 11.6 Å². The molecule has 0 amide bonds. The summed E-state index contributed by atoms with van der Waals surface area (Å²) in [6, 6.07) is 0. The normalized spacial score (nSPS) is 55.6. The van der Waals surface area contributed by atoms with E-state index in [9.17, 15) is 30.3 Å². The van der Waals surface area contributed by atoms with E-state index < -0.39 is 66.3 Å². The second-order valence-corrected chi connectivity index (χ2v) is 16.2. The zero-order valence-corrected chi connectivity index (χ0v) is 27.6. The van der Waals surface area contributed by atoms with Crippen molar-refractivity contribution >= 4 is 5.97 Å². The highest BCUT2D eigenvalue weighted by Crippen LogP contribution is 2.70. The Hall–Kier alpha value is -1.15. The van der Waals surface area contributed by atoms with Gasteiger partial charge in [-0.25, -0.2) is 4.79 Å². The van der Waals surface area contributed by atoms with Crippen molar-refractivity contribution in [3.63, 3.8) is 0 Å². The molecular formula is C35H54O11. The molecule has 0 aromatic heterocycles. The summed E-state index contributed by atoms with van der Waals surface area (Å²) >= 11 is 0. The van der Waals surface area contributed by atoms with Gasteiger partial charge in [0.25, 0.3) is 0 Å². The van der Waals surface area contributed by atoms with Crippen molar-refractivity contribution in [2.45, 2.75) is 159 Å². The van der Waals surface area contributed by atoms with Gasteiger partial charge in [-0.2, -0.15) is 0 Å². The predicted octanol–water partition coefficient (Wildman–Crippen LogP) is 2.34. The minimum absolute atomic E-state index is 0.0112. The number of esters is 1. The first-order valence-electron chi connectivity index (χ1n) is 17.7. The second kappa shape index (κ2) is 12.0. The predicted molar refractivity (Wildman–Crippen MR) is 163 cm³/mol. The number of fused-ring (bicyclic) bond motifs is 5. The van der Waals surface area contributed by atoms with Crippen LogP contribution in [0.5, 0.6) is 0 Å². The van der Waals surface area contributed by atoms with E-state index >= 15 is 0 Å². The highest BCUT2D eigenvalue weighted by Gasteiger charge is 2.70. The Labute approximate surface area is 271 Å². The first-order valence-corrected chi connectivity index (χ1v) is 17.7. The number of carbonyl (C=O) groups is 1. The van der Waals surface area contributed by atoms with Crippen molar-refractivity contribution in [1.29, 1.82) is 0 Å². The standard InChI is InChI=1S/C35H54O11/c1-17-31(40)24(36)13-29(43-17)46-32-18(2)44-28(14-25(32)37)45-21-7-9-33(3)20(12-21)5-6-23-22(33)8-10-34(4)30(19-11-27(39)42-16-19)26(38)15-35(23,34)41/h11,17-18,20-26,28-32,36-38,40-41H,5-10,12-16H2,1-4H3. The molecule has 0 spiro atoms. The molecule has 11 nitrogen and oxygen atoms in total. The molecular weight excluding hydrogens is 596 g/mol. The fourth-order valence-corrected chi connectivity index (χ4v) is 11.4. The van der Waals surface area contributed by atoms with Crippen LogP contribution in [0.25, 0.3) is 0 Å². The molecule has 3 heterocycles. The van der Waals surface area contributed by atoms with Crippen LogP contribution in [0.15, 0.2) is 11.6 Å². The third kappa shape index (κ3) is 5.31. The first-order chi connectivity index (χ1) is 21.7. The Morgan fingerprint density at radius 2 is 1.54 bits per heavy atom. The van der Waals surface area contributed by atoms with Gasteiger partial charge in [-0.05, 0) is 87.5 Å². The smallest absolute Gasteiger partial charge is 0.331 e. The molecule has 5 N–H and O–H groups in total. The number of ether oxygens (including phenoxy) is 5. The van der Waals surface area contributed by atoms with E-state index in [1.54, 1.807) is 6.92 Å². The van der Waals surface area contributed by atoms with Crippen molar-refractivity contribution in [2.24, 2.45) is 34.5 Å².